The largest absolute Gasteiger partial charge is 0.351 e. The SMILES string of the molecule is CCNC(=O)c1c(CC)nc2ccc(C)cn12. The Morgan fingerprint density at radius 1 is 1.41 bits per heavy atom. The summed E-state index contributed by atoms with van der Waals surface area (Å²) in [5, 5.41) is 2.83. The minimum absolute atomic E-state index is 0.0533. The number of amides is 1. The first-order valence-electron chi connectivity index (χ1n) is 5.93. The average Bonchev–Trinajstić information content (AvgIpc) is 2.66. The lowest BCUT2D eigenvalue weighted by Crippen LogP contribution is -2.25. The number of fused-ring (bicyclic) bond motifs is 1. The average molecular weight is 231 g/mol. The fraction of sp³-hybridized carbons (Fsp3) is 0.385. The second-order valence-electron chi connectivity index (χ2n) is 4.05. The van der Waals surface area contributed by atoms with Gasteiger partial charge in [-0.1, -0.05) is 13.0 Å². The number of pyridine rings is 1. The number of imidazole rings is 1. The highest BCUT2D eigenvalue weighted by molar-refractivity contribution is 5.94. The molecule has 0 spiro atoms. The Bertz CT molecular complexity index is 557. The van der Waals surface area contributed by atoms with Crippen molar-refractivity contribution in [1.29, 1.82) is 0 Å². The van der Waals surface area contributed by atoms with Gasteiger partial charge in [-0.15, -0.1) is 0 Å². The number of rotatable bonds is 3. The summed E-state index contributed by atoms with van der Waals surface area (Å²) in [6.07, 6.45) is 2.71. The Labute approximate surface area is 101 Å². The Morgan fingerprint density at radius 3 is 2.82 bits per heavy atom. The van der Waals surface area contributed by atoms with Crippen LogP contribution in [0.3, 0.4) is 0 Å². The van der Waals surface area contributed by atoms with Crippen LogP contribution in [-0.2, 0) is 6.42 Å². The van der Waals surface area contributed by atoms with Crippen molar-refractivity contribution in [2.24, 2.45) is 0 Å². The van der Waals surface area contributed by atoms with Gasteiger partial charge in [-0.05, 0) is 31.9 Å². The minimum Gasteiger partial charge on any atom is -0.351 e. The number of hydrogen-bond acceptors (Lipinski definition) is 2. The molecule has 1 amide bonds. The van der Waals surface area contributed by atoms with Gasteiger partial charge >= 0.3 is 0 Å². The quantitative estimate of drug-likeness (QED) is 0.877. The zero-order valence-electron chi connectivity index (χ0n) is 10.4. The summed E-state index contributed by atoms with van der Waals surface area (Å²) >= 11 is 0. The predicted octanol–water partition coefficient (Wildman–Crippen LogP) is 1.95. The highest BCUT2D eigenvalue weighted by Gasteiger charge is 2.17. The number of nitrogens with zero attached hydrogens (tertiary/aromatic N) is 2. The number of aromatic nitrogens is 2. The van der Waals surface area contributed by atoms with Crippen LogP contribution in [0.1, 0.15) is 35.6 Å². The fourth-order valence-electron chi connectivity index (χ4n) is 1.93. The van der Waals surface area contributed by atoms with E-state index < -0.39 is 0 Å². The Kier molecular flexibility index (Phi) is 3.13. The van der Waals surface area contributed by atoms with Crippen molar-refractivity contribution in [3.63, 3.8) is 0 Å². The molecule has 1 N–H and O–H groups in total. The number of carbonyl (C=O) groups excluding carboxylic acids is 1. The molecule has 90 valence electrons. The molecule has 2 heterocycles. The first kappa shape index (κ1) is 11.6. The summed E-state index contributed by atoms with van der Waals surface area (Å²) in [5.74, 6) is -0.0533. The number of carbonyl (C=O) groups is 1. The third-order valence-electron chi connectivity index (χ3n) is 2.73. The molecule has 0 unspecified atom stereocenters. The van der Waals surface area contributed by atoms with Crippen LogP contribution in [0, 0.1) is 6.92 Å². The van der Waals surface area contributed by atoms with Gasteiger partial charge in [0, 0.05) is 12.7 Å². The molecule has 0 atom stereocenters. The van der Waals surface area contributed by atoms with Crippen LogP contribution in [0.15, 0.2) is 18.3 Å². The maximum absolute atomic E-state index is 12.0. The number of aryl methyl sites for hydroxylation is 2. The molecule has 0 fully saturated rings. The second kappa shape index (κ2) is 4.57. The molecule has 0 saturated carbocycles. The standard InChI is InChI=1S/C13H17N3O/c1-4-10-12(13(17)14-5-2)16-8-9(3)6-7-11(16)15-10/h6-8H,4-5H2,1-3H3,(H,14,17). The summed E-state index contributed by atoms with van der Waals surface area (Å²) in [4.78, 5) is 16.5. The van der Waals surface area contributed by atoms with Crippen LogP contribution in [0.2, 0.25) is 0 Å². The van der Waals surface area contributed by atoms with Gasteiger partial charge in [0.1, 0.15) is 11.3 Å². The Hall–Kier alpha value is -1.84. The molecular formula is C13H17N3O. The predicted molar refractivity (Wildman–Crippen MR) is 67.3 cm³/mol. The van der Waals surface area contributed by atoms with Gasteiger partial charge in [0.05, 0.1) is 5.69 Å². The van der Waals surface area contributed by atoms with Crippen LogP contribution in [-0.4, -0.2) is 21.8 Å². The molecule has 4 nitrogen and oxygen atoms in total. The number of nitrogens with one attached hydrogen (secondary N) is 1. The van der Waals surface area contributed by atoms with Crippen molar-refractivity contribution in [2.45, 2.75) is 27.2 Å². The fourth-order valence-corrected chi connectivity index (χ4v) is 1.93. The van der Waals surface area contributed by atoms with Gasteiger partial charge in [-0.3, -0.25) is 9.20 Å². The topological polar surface area (TPSA) is 46.4 Å². The van der Waals surface area contributed by atoms with E-state index in [2.05, 4.69) is 10.3 Å². The normalized spacial score (nSPS) is 10.8. The third kappa shape index (κ3) is 2.02. The molecule has 0 radical (unpaired) electrons. The smallest absolute Gasteiger partial charge is 0.270 e. The van der Waals surface area contributed by atoms with Crippen LogP contribution < -0.4 is 5.32 Å². The molecule has 0 aliphatic rings. The summed E-state index contributed by atoms with van der Waals surface area (Å²) in [7, 11) is 0. The monoisotopic (exact) mass is 231 g/mol. The van der Waals surface area contributed by atoms with E-state index in [1.165, 1.54) is 0 Å². The molecule has 2 rings (SSSR count). The lowest BCUT2D eigenvalue weighted by Gasteiger charge is -2.04. The summed E-state index contributed by atoms with van der Waals surface area (Å²) < 4.78 is 1.87. The van der Waals surface area contributed by atoms with E-state index in [0.29, 0.717) is 12.2 Å². The van der Waals surface area contributed by atoms with Gasteiger partial charge in [0.2, 0.25) is 0 Å². The molecule has 2 aromatic heterocycles. The van der Waals surface area contributed by atoms with Crippen LogP contribution in [0.4, 0.5) is 0 Å². The van der Waals surface area contributed by atoms with Crippen LogP contribution in [0.25, 0.3) is 5.65 Å². The van der Waals surface area contributed by atoms with Crippen molar-refractivity contribution in [3.05, 3.63) is 35.3 Å². The zero-order chi connectivity index (χ0) is 12.4. The van der Waals surface area contributed by atoms with Crippen LogP contribution >= 0.6 is 0 Å². The zero-order valence-corrected chi connectivity index (χ0v) is 10.4. The van der Waals surface area contributed by atoms with E-state index in [4.69, 9.17) is 0 Å². The molecule has 17 heavy (non-hydrogen) atoms. The van der Waals surface area contributed by atoms with E-state index in [-0.39, 0.29) is 5.91 Å². The van der Waals surface area contributed by atoms with Crippen LogP contribution in [0.5, 0.6) is 0 Å². The van der Waals surface area contributed by atoms with E-state index in [1.807, 2.05) is 43.5 Å². The van der Waals surface area contributed by atoms with Gasteiger partial charge in [0.25, 0.3) is 5.91 Å². The first-order valence-corrected chi connectivity index (χ1v) is 5.93. The highest BCUT2D eigenvalue weighted by Crippen LogP contribution is 2.14. The Balaban J connectivity index is 2.64. The van der Waals surface area contributed by atoms with E-state index >= 15 is 0 Å². The molecule has 2 aromatic rings. The van der Waals surface area contributed by atoms with Crippen molar-refractivity contribution >= 4 is 11.6 Å². The summed E-state index contributed by atoms with van der Waals surface area (Å²) in [6.45, 7) is 6.56. The third-order valence-corrected chi connectivity index (χ3v) is 2.73. The summed E-state index contributed by atoms with van der Waals surface area (Å²) in [6, 6.07) is 3.94. The maximum Gasteiger partial charge on any atom is 0.270 e. The van der Waals surface area contributed by atoms with Gasteiger partial charge < -0.3 is 5.32 Å². The molecule has 0 saturated heterocycles. The van der Waals surface area contributed by atoms with Crippen molar-refractivity contribution in [2.75, 3.05) is 6.54 Å². The molecule has 0 aliphatic heterocycles. The number of hydrogen-bond donors (Lipinski definition) is 1. The van der Waals surface area contributed by atoms with Crippen molar-refractivity contribution in [1.82, 2.24) is 14.7 Å². The Morgan fingerprint density at radius 2 is 2.18 bits per heavy atom. The molecule has 0 bridgehead atoms. The van der Waals surface area contributed by atoms with Gasteiger partial charge in [-0.25, -0.2) is 4.98 Å². The van der Waals surface area contributed by atoms with E-state index in [0.717, 1.165) is 23.3 Å². The van der Waals surface area contributed by atoms with Gasteiger partial charge in [-0.2, -0.15) is 0 Å². The maximum atomic E-state index is 12.0. The van der Waals surface area contributed by atoms with Crippen molar-refractivity contribution < 1.29 is 4.79 Å². The lowest BCUT2D eigenvalue weighted by molar-refractivity contribution is 0.0949. The molecule has 0 aliphatic carbocycles. The summed E-state index contributed by atoms with van der Waals surface area (Å²) in [5.41, 5.74) is 3.45. The molecule has 0 aromatic carbocycles. The van der Waals surface area contributed by atoms with Gasteiger partial charge in [0.15, 0.2) is 0 Å². The van der Waals surface area contributed by atoms with E-state index in [9.17, 15) is 4.79 Å². The highest BCUT2D eigenvalue weighted by atomic mass is 16.1. The first-order chi connectivity index (χ1) is 8.17. The lowest BCUT2D eigenvalue weighted by atomic mass is 10.2. The van der Waals surface area contributed by atoms with E-state index in [1.54, 1.807) is 0 Å². The minimum atomic E-state index is -0.0533. The second-order valence-corrected chi connectivity index (χ2v) is 4.05. The molecule has 4 heteroatoms. The van der Waals surface area contributed by atoms with Crippen molar-refractivity contribution in [3.8, 4) is 0 Å². The molecular weight excluding hydrogens is 214 g/mol.